The van der Waals surface area contributed by atoms with Gasteiger partial charge in [0.25, 0.3) is 0 Å². The second kappa shape index (κ2) is 6.86. The van der Waals surface area contributed by atoms with Crippen LogP contribution in [0.15, 0.2) is 0 Å². The molecule has 4 nitrogen and oxygen atoms in total. The van der Waals surface area contributed by atoms with Gasteiger partial charge in [0.2, 0.25) is 5.91 Å². The van der Waals surface area contributed by atoms with Crippen LogP contribution in [0.25, 0.3) is 0 Å². The van der Waals surface area contributed by atoms with Crippen LogP contribution in [0.4, 0.5) is 0 Å². The normalized spacial score (nSPS) is 27.4. The van der Waals surface area contributed by atoms with E-state index in [1.54, 1.807) is 0 Å². The van der Waals surface area contributed by atoms with Gasteiger partial charge < -0.3 is 16.4 Å². The predicted molar refractivity (Wildman–Crippen MR) is 66.1 cm³/mol. The molecule has 0 heterocycles. The molecule has 0 aliphatic heterocycles. The van der Waals surface area contributed by atoms with Gasteiger partial charge in [0, 0.05) is 18.1 Å². The zero-order valence-corrected chi connectivity index (χ0v) is 10.5. The number of carbonyl (C=O) groups is 1. The SMILES string of the molecule is CCC(C)NCC(=O)NC1CCC(N)CC1. The third-order valence-electron chi connectivity index (χ3n) is 3.36. The summed E-state index contributed by atoms with van der Waals surface area (Å²) in [6, 6.07) is 1.09. The fourth-order valence-electron chi connectivity index (χ4n) is 1.95. The first-order chi connectivity index (χ1) is 7.61. The third kappa shape index (κ3) is 4.94. The summed E-state index contributed by atoms with van der Waals surface area (Å²) < 4.78 is 0. The molecule has 0 spiro atoms. The molecule has 1 aliphatic rings. The predicted octanol–water partition coefficient (Wildman–Crippen LogP) is 0.761. The number of nitrogens with one attached hydrogen (secondary N) is 2. The summed E-state index contributed by atoms with van der Waals surface area (Å²) in [5.41, 5.74) is 5.82. The second-order valence-electron chi connectivity index (χ2n) is 4.87. The van der Waals surface area contributed by atoms with Gasteiger partial charge in [-0.05, 0) is 39.0 Å². The summed E-state index contributed by atoms with van der Waals surface area (Å²) in [6.45, 7) is 4.63. The molecule has 0 saturated heterocycles. The minimum Gasteiger partial charge on any atom is -0.352 e. The van der Waals surface area contributed by atoms with Gasteiger partial charge in [-0.15, -0.1) is 0 Å². The van der Waals surface area contributed by atoms with E-state index in [2.05, 4.69) is 24.5 Å². The van der Waals surface area contributed by atoms with E-state index in [0.717, 1.165) is 32.1 Å². The lowest BCUT2D eigenvalue weighted by molar-refractivity contribution is -0.121. The van der Waals surface area contributed by atoms with Gasteiger partial charge in [0.15, 0.2) is 0 Å². The minimum atomic E-state index is 0.112. The summed E-state index contributed by atoms with van der Waals surface area (Å²) in [4.78, 5) is 11.6. The molecule has 1 amide bonds. The maximum absolute atomic E-state index is 11.6. The van der Waals surface area contributed by atoms with Crippen LogP contribution in [0.3, 0.4) is 0 Å². The summed E-state index contributed by atoms with van der Waals surface area (Å²) in [7, 11) is 0. The molecule has 0 aromatic rings. The topological polar surface area (TPSA) is 67.2 Å². The van der Waals surface area contributed by atoms with E-state index < -0.39 is 0 Å². The van der Waals surface area contributed by atoms with Crippen molar-refractivity contribution in [1.29, 1.82) is 0 Å². The fraction of sp³-hybridized carbons (Fsp3) is 0.917. The number of carbonyl (C=O) groups excluding carboxylic acids is 1. The lowest BCUT2D eigenvalue weighted by Crippen LogP contribution is -2.45. The van der Waals surface area contributed by atoms with E-state index in [9.17, 15) is 4.79 Å². The van der Waals surface area contributed by atoms with Gasteiger partial charge in [-0.25, -0.2) is 0 Å². The summed E-state index contributed by atoms with van der Waals surface area (Å²) >= 11 is 0. The molecule has 1 saturated carbocycles. The summed E-state index contributed by atoms with van der Waals surface area (Å²) in [5, 5.41) is 6.26. The molecule has 1 aliphatic carbocycles. The van der Waals surface area contributed by atoms with Crippen LogP contribution < -0.4 is 16.4 Å². The Labute approximate surface area is 98.3 Å². The van der Waals surface area contributed by atoms with E-state index in [4.69, 9.17) is 5.73 Å². The molecule has 1 unspecified atom stereocenters. The molecule has 0 radical (unpaired) electrons. The summed E-state index contributed by atoms with van der Waals surface area (Å²) in [5.74, 6) is 0.112. The molecule has 1 atom stereocenters. The van der Waals surface area contributed by atoms with Gasteiger partial charge in [0.05, 0.1) is 6.54 Å². The molecule has 0 aromatic carbocycles. The molecule has 0 bridgehead atoms. The minimum absolute atomic E-state index is 0.112. The van der Waals surface area contributed by atoms with Crippen molar-refractivity contribution in [2.24, 2.45) is 5.73 Å². The second-order valence-corrected chi connectivity index (χ2v) is 4.87. The Kier molecular flexibility index (Phi) is 5.77. The van der Waals surface area contributed by atoms with Crippen LogP contribution in [0.5, 0.6) is 0 Å². The number of rotatable bonds is 5. The van der Waals surface area contributed by atoms with Gasteiger partial charge in [0.1, 0.15) is 0 Å². The zero-order valence-electron chi connectivity index (χ0n) is 10.5. The highest BCUT2D eigenvalue weighted by molar-refractivity contribution is 5.78. The van der Waals surface area contributed by atoms with Crippen LogP contribution in [-0.2, 0) is 4.79 Å². The highest BCUT2D eigenvalue weighted by Crippen LogP contribution is 2.16. The maximum Gasteiger partial charge on any atom is 0.234 e. The Morgan fingerprint density at radius 2 is 2.00 bits per heavy atom. The third-order valence-corrected chi connectivity index (χ3v) is 3.36. The average molecular weight is 227 g/mol. The van der Waals surface area contributed by atoms with E-state index >= 15 is 0 Å². The lowest BCUT2D eigenvalue weighted by atomic mass is 9.92. The first-order valence-corrected chi connectivity index (χ1v) is 6.40. The highest BCUT2D eigenvalue weighted by Gasteiger charge is 2.19. The zero-order chi connectivity index (χ0) is 12.0. The molecule has 4 N–H and O–H groups in total. The van der Waals surface area contributed by atoms with Crippen LogP contribution in [0.1, 0.15) is 46.0 Å². The Morgan fingerprint density at radius 3 is 2.56 bits per heavy atom. The molecular weight excluding hydrogens is 202 g/mol. The van der Waals surface area contributed by atoms with Gasteiger partial charge in [-0.2, -0.15) is 0 Å². The highest BCUT2D eigenvalue weighted by atomic mass is 16.1. The Morgan fingerprint density at radius 1 is 1.38 bits per heavy atom. The monoisotopic (exact) mass is 227 g/mol. The van der Waals surface area contributed by atoms with Gasteiger partial charge in [-0.1, -0.05) is 6.92 Å². The van der Waals surface area contributed by atoms with Gasteiger partial charge in [-0.3, -0.25) is 4.79 Å². The Bertz CT molecular complexity index is 212. The fourth-order valence-corrected chi connectivity index (χ4v) is 1.95. The molecule has 1 fully saturated rings. The van der Waals surface area contributed by atoms with Crippen molar-refractivity contribution in [3.63, 3.8) is 0 Å². The molecule has 16 heavy (non-hydrogen) atoms. The van der Waals surface area contributed by atoms with Crippen molar-refractivity contribution in [3.05, 3.63) is 0 Å². The van der Waals surface area contributed by atoms with Crippen molar-refractivity contribution in [1.82, 2.24) is 10.6 Å². The lowest BCUT2D eigenvalue weighted by Gasteiger charge is -2.27. The first-order valence-electron chi connectivity index (χ1n) is 6.40. The summed E-state index contributed by atoms with van der Waals surface area (Å²) in [6.07, 6.45) is 5.16. The molecular formula is C12H25N3O. The average Bonchev–Trinajstić information content (AvgIpc) is 2.29. The van der Waals surface area contributed by atoms with Crippen LogP contribution in [0, 0.1) is 0 Å². The largest absolute Gasteiger partial charge is 0.352 e. The standard InChI is InChI=1S/C12H25N3O/c1-3-9(2)14-8-12(16)15-11-6-4-10(13)5-7-11/h9-11,14H,3-8,13H2,1-2H3,(H,15,16). The first kappa shape index (κ1) is 13.5. The van der Waals surface area contributed by atoms with E-state index in [-0.39, 0.29) is 5.91 Å². The van der Waals surface area contributed by atoms with Crippen molar-refractivity contribution in [2.75, 3.05) is 6.54 Å². The van der Waals surface area contributed by atoms with Crippen molar-refractivity contribution < 1.29 is 4.79 Å². The number of hydrogen-bond acceptors (Lipinski definition) is 3. The molecule has 0 aromatic heterocycles. The van der Waals surface area contributed by atoms with Gasteiger partial charge >= 0.3 is 0 Å². The number of hydrogen-bond donors (Lipinski definition) is 3. The number of amides is 1. The van der Waals surface area contributed by atoms with E-state index in [1.807, 2.05) is 0 Å². The van der Waals surface area contributed by atoms with E-state index in [0.29, 0.717) is 24.7 Å². The van der Waals surface area contributed by atoms with Crippen LogP contribution in [0.2, 0.25) is 0 Å². The maximum atomic E-state index is 11.6. The van der Waals surface area contributed by atoms with Crippen molar-refractivity contribution in [3.8, 4) is 0 Å². The molecule has 1 rings (SSSR count). The Hall–Kier alpha value is -0.610. The van der Waals surface area contributed by atoms with Crippen LogP contribution >= 0.6 is 0 Å². The Balaban J connectivity index is 2.14. The van der Waals surface area contributed by atoms with Crippen molar-refractivity contribution >= 4 is 5.91 Å². The quantitative estimate of drug-likeness (QED) is 0.649. The molecule has 4 heteroatoms. The van der Waals surface area contributed by atoms with Crippen molar-refractivity contribution in [2.45, 2.75) is 64.1 Å². The number of nitrogens with two attached hydrogens (primary N) is 1. The molecule has 94 valence electrons. The van der Waals surface area contributed by atoms with E-state index in [1.165, 1.54) is 0 Å². The van der Waals surface area contributed by atoms with Crippen LogP contribution in [-0.4, -0.2) is 30.6 Å². The smallest absolute Gasteiger partial charge is 0.234 e.